The topological polar surface area (TPSA) is 20.3 Å². The Morgan fingerprint density at radius 3 is 2.67 bits per heavy atom. The van der Waals surface area contributed by atoms with Crippen molar-refractivity contribution >= 4 is 12.0 Å². The van der Waals surface area contributed by atoms with Gasteiger partial charge in [-0.1, -0.05) is 12.1 Å². The van der Waals surface area contributed by atoms with Crippen molar-refractivity contribution in [3.63, 3.8) is 0 Å². The second kappa shape index (κ2) is 5.00. The van der Waals surface area contributed by atoms with Gasteiger partial charge < -0.3 is 4.90 Å². The van der Waals surface area contributed by atoms with Crippen LogP contribution in [-0.4, -0.2) is 25.6 Å². The normalized spacial score (nSPS) is 20.8. The second-order valence-electron chi connectivity index (χ2n) is 4.50. The lowest BCUT2D eigenvalue weighted by molar-refractivity contribution is -0.175. The Kier molecular flexibility index (Phi) is 3.59. The lowest BCUT2D eigenvalue weighted by atomic mass is 9.96. The number of hydrogen-bond donors (Lipinski definition) is 0. The SMILES string of the molecule is O=Cc1ccccc1N1CCCC(C(F)(F)F)C1. The first-order valence-corrected chi connectivity index (χ1v) is 5.88. The Hall–Kier alpha value is -1.52. The zero-order valence-electron chi connectivity index (χ0n) is 9.78. The fourth-order valence-electron chi connectivity index (χ4n) is 2.34. The van der Waals surface area contributed by atoms with Crippen LogP contribution in [0, 0.1) is 5.92 Å². The Balaban J connectivity index is 2.21. The zero-order valence-corrected chi connectivity index (χ0v) is 9.78. The van der Waals surface area contributed by atoms with Crippen LogP contribution < -0.4 is 4.90 Å². The summed E-state index contributed by atoms with van der Waals surface area (Å²) in [6, 6.07) is 6.76. The fourth-order valence-corrected chi connectivity index (χ4v) is 2.34. The molecular weight excluding hydrogens is 243 g/mol. The number of nitrogens with zero attached hydrogens (tertiary/aromatic N) is 1. The maximum absolute atomic E-state index is 12.7. The number of halogens is 3. The molecule has 1 aliphatic rings. The molecule has 1 atom stereocenters. The molecule has 1 unspecified atom stereocenters. The first-order valence-electron chi connectivity index (χ1n) is 5.88. The van der Waals surface area contributed by atoms with E-state index in [1.165, 1.54) is 0 Å². The van der Waals surface area contributed by atoms with Crippen molar-refractivity contribution in [3.05, 3.63) is 29.8 Å². The van der Waals surface area contributed by atoms with Gasteiger partial charge in [0.1, 0.15) is 0 Å². The molecule has 1 aromatic carbocycles. The number of hydrogen-bond acceptors (Lipinski definition) is 2. The molecule has 1 saturated heterocycles. The van der Waals surface area contributed by atoms with Crippen LogP contribution in [0.4, 0.5) is 18.9 Å². The molecule has 2 nitrogen and oxygen atoms in total. The van der Waals surface area contributed by atoms with Crippen LogP contribution in [0.5, 0.6) is 0 Å². The monoisotopic (exact) mass is 257 g/mol. The Labute approximate surface area is 103 Å². The van der Waals surface area contributed by atoms with Gasteiger partial charge in [-0.3, -0.25) is 4.79 Å². The molecule has 2 rings (SSSR count). The molecule has 0 aromatic heterocycles. The number of carbonyl (C=O) groups is 1. The first kappa shape index (κ1) is 12.9. The predicted octanol–water partition coefficient (Wildman–Crippen LogP) is 3.28. The highest BCUT2D eigenvalue weighted by molar-refractivity contribution is 5.84. The summed E-state index contributed by atoms with van der Waals surface area (Å²) in [6.45, 7) is 0.506. The van der Waals surface area contributed by atoms with Crippen LogP contribution in [0.25, 0.3) is 0 Å². The van der Waals surface area contributed by atoms with Crippen molar-refractivity contribution in [1.82, 2.24) is 0 Å². The van der Waals surface area contributed by atoms with Crippen LogP contribution in [0.15, 0.2) is 24.3 Å². The number of benzene rings is 1. The van der Waals surface area contributed by atoms with E-state index < -0.39 is 12.1 Å². The fraction of sp³-hybridized carbons (Fsp3) is 0.462. The number of piperidine rings is 1. The van der Waals surface area contributed by atoms with E-state index in [0.29, 0.717) is 30.5 Å². The van der Waals surface area contributed by atoms with Gasteiger partial charge >= 0.3 is 6.18 Å². The lowest BCUT2D eigenvalue weighted by Gasteiger charge is -2.35. The van der Waals surface area contributed by atoms with Crippen molar-refractivity contribution < 1.29 is 18.0 Å². The number of anilines is 1. The minimum absolute atomic E-state index is 0.0612. The summed E-state index contributed by atoms with van der Waals surface area (Å²) in [4.78, 5) is 12.6. The van der Waals surface area contributed by atoms with Crippen molar-refractivity contribution in [2.75, 3.05) is 18.0 Å². The first-order chi connectivity index (χ1) is 8.52. The maximum atomic E-state index is 12.7. The second-order valence-corrected chi connectivity index (χ2v) is 4.50. The van der Waals surface area contributed by atoms with E-state index in [4.69, 9.17) is 0 Å². The molecule has 0 spiro atoms. The van der Waals surface area contributed by atoms with Gasteiger partial charge in [0.05, 0.1) is 5.92 Å². The molecule has 1 heterocycles. The van der Waals surface area contributed by atoms with E-state index in [2.05, 4.69) is 0 Å². The molecule has 98 valence electrons. The van der Waals surface area contributed by atoms with Crippen molar-refractivity contribution in [1.29, 1.82) is 0 Å². The van der Waals surface area contributed by atoms with Gasteiger partial charge in [0, 0.05) is 24.3 Å². The largest absolute Gasteiger partial charge is 0.393 e. The summed E-state index contributed by atoms with van der Waals surface area (Å²) in [5.74, 6) is -1.30. The summed E-state index contributed by atoms with van der Waals surface area (Å²) in [6.07, 6.45) is -2.80. The van der Waals surface area contributed by atoms with Gasteiger partial charge in [0.2, 0.25) is 0 Å². The van der Waals surface area contributed by atoms with Gasteiger partial charge in [-0.25, -0.2) is 0 Å². The van der Waals surface area contributed by atoms with Crippen LogP contribution in [0.1, 0.15) is 23.2 Å². The highest BCUT2D eigenvalue weighted by Gasteiger charge is 2.42. The molecule has 0 N–H and O–H groups in total. The van der Waals surface area contributed by atoms with E-state index in [0.717, 1.165) is 0 Å². The minimum atomic E-state index is -4.16. The summed E-state index contributed by atoms with van der Waals surface area (Å²) in [5.41, 5.74) is 1.04. The van der Waals surface area contributed by atoms with E-state index in [9.17, 15) is 18.0 Å². The van der Waals surface area contributed by atoms with Gasteiger partial charge in [0.15, 0.2) is 6.29 Å². The van der Waals surface area contributed by atoms with E-state index >= 15 is 0 Å². The van der Waals surface area contributed by atoms with Crippen LogP contribution in [0.2, 0.25) is 0 Å². The highest BCUT2D eigenvalue weighted by atomic mass is 19.4. The highest BCUT2D eigenvalue weighted by Crippen LogP contribution is 2.35. The maximum Gasteiger partial charge on any atom is 0.393 e. The summed E-state index contributed by atoms with van der Waals surface area (Å²) >= 11 is 0. The van der Waals surface area contributed by atoms with Crippen LogP contribution in [-0.2, 0) is 0 Å². The molecule has 0 radical (unpaired) electrons. The molecule has 1 aliphatic heterocycles. The standard InChI is InChI=1S/C13H14F3NO/c14-13(15,16)11-5-3-7-17(8-11)12-6-2-1-4-10(12)9-18/h1-2,4,6,9,11H,3,5,7-8H2. The lowest BCUT2D eigenvalue weighted by Crippen LogP contribution is -2.42. The van der Waals surface area contributed by atoms with E-state index in [-0.39, 0.29) is 13.0 Å². The van der Waals surface area contributed by atoms with Crippen molar-refractivity contribution in [2.24, 2.45) is 5.92 Å². The predicted molar refractivity (Wildman–Crippen MR) is 62.8 cm³/mol. The number of aldehydes is 1. The molecular formula is C13H14F3NO. The Morgan fingerprint density at radius 1 is 1.28 bits per heavy atom. The van der Waals surface area contributed by atoms with E-state index in [1.807, 2.05) is 0 Å². The number of rotatable bonds is 2. The molecule has 1 aromatic rings. The quantitative estimate of drug-likeness (QED) is 0.758. The molecule has 0 saturated carbocycles. The number of carbonyl (C=O) groups excluding carboxylic acids is 1. The summed E-state index contributed by atoms with van der Waals surface area (Å²) < 4.78 is 38.1. The molecule has 0 bridgehead atoms. The zero-order chi connectivity index (χ0) is 13.2. The third-order valence-corrected chi connectivity index (χ3v) is 3.29. The van der Waals surface area contributed by atoms with Crippen molar-refractivity contribution in [2.45, 2.75) is 19.0 Å². The molecule has 0 aliphatic carbocycles. The smallest absolute Gasteiger partial charge is 0.370 e. The van der Waals surface area contributed by atoms with Crippen LogP contribution >= 0.6 is 0 Å². The molecule has 0 amide bonds. The molecule has 18 heavy (non-hydrogen) atoms. The van der Waals surface area contributed by atoms with Gasteiger partial charge in [0.25, 0.3) is 0 Å². The number of para-hydroxylation sites is 1. The van der Waals surface area contributed by atoms with Gasteiger partial charge in [-0.2, -0.15) is 13.2 Å². The third-order valence-electron chi connectivity index (χ3n) is 3.29. The minimum Gasteiger partial charge on any atom is -0.370 e. The molecule has 1 fully saturated rings. The van der Waals surface area contributed by atoms with Crippen LogP contribution in [0.3, 0.4) is 0 Å². The van der Waals surface area contributed by atoms with Gasteiger partial charge in [-0.15, -0.1) is 0 Å². The van der Waals surface area contributed by atoms with E-state index in [1.54, 1.807) is 29.2 Å². The van der Waals surface area contributed by atoms with Gasteiger partial charge in [-0.05, 0) is 25.0 Å². The number of alkyl halides is 3. The average molecular weight is 257 g/mol. The molecule has 5 heteroatoms. The third kappa shape index (κ3) is 2.66. The Morgan fingerprint density at radius 2 is 2.00 bits per heavy atom. The average Bonchev–Trinajstić information content (AvgIpc) is 2.38. The Bertz CT molecular complexity index is 430. The summed E-state index contributed by atoms with van der Waals surface area (Å²) in [7, 11) is 0. The van der Waals surface area contributed by atoms with Crippen molar-refractivity contribution in [3.8, 4) is 0 Å². The summed E-state index contributed by atoms with van der Waals surface area (Å²) in [5, 5.41) is 0.